The first kappa shape index (κ1) is 10.8. The number of hydrogen-bond donors (Lipinski definition) is 0. The Labute approximate surface area is 97.7 Å². The van der Waals surface area contributed by atoms with Crippen LogP contribution in [0.4, 0.5) is 0 Å². The summed E-state index contributed by atoms with van der Waals surface area (Å²) in [6.07, 6.45) is 6.35. The fourth-order valence-electron chi connectivity index (χ4n) is 4.36. The molecule has 3 atom stereocenters. The number of carbonyl (C=O) groups is 1. The van der Waals surface area contributed by atoms with E-state index in [0.29, 0.717) is 11.7 Å². The smallest absolute Gasteiger partial charge is 0.165 e. The maximum atomic E-state index is 12.4. The molecule has 0 N–H and O–H groups in total. The van der Waals surface area contributed by atoms with Gasteiger partial charge in [-0.2, -0.15) is 0 Å². The van der Waals surface area contributed by atoms with Gasteiger partial charge < -0.3 is 4.74 Å². The number of hydrogen-bond acceptors (Lipinski definition) is 2. The van der Waals surface area contributed by atoms with Crippen LogP contribution in [0.25, 0.3) is 0 Å². The number of ketones is 1. The molecular weight excluding hydrogens is 200 g/mol. The lowest BCUT2D eigenvalue weighted by molar-refractivity contribution is -0.181. The molecule has 2 aliphatic carbocycles. The van der Waals surface area contributed by atoms with Crippen LogP contribution in [-0.2, 0) is 9.53 Å². The SMILES string of the molecule is CC1(C)O[C@]23C[C@H]1CCC2(C)CCCC3=O. The molecule has 2 saturated carbocycles. The van der Waals surface area contributed by atoms with Crippen molar-refractivity contribution in [3.63, 3.8) is 0 Å². The van der Waals surface area contributed by atoms with Gasteiger partial charge in [0.25, 0.3) is 0 Å². The average molecular weight is 222 g/mol. The van der Waals surface area contributed by atoms with Gasteiger partial charge in [0, 0.05) is 11.8 Å². The summed E-state index contributed by atoms with van der Waals surface area (Å²) in [5, 5.41) is 0. The average Bonchev–Trinajstić information content (AvgIpc) is 2.42. The second-order valence-corrected chi connectivity index (χ2v) is 6.81. The first-order chi connectivity index (χ1) is 7.40. The van der Waals surface area contributed by atoms with Crippen LogP contribution in [0.2, 0.25) is 0 Å². The van der Waals surface area contributed by atoms with Crippen molar-refractivity contribution in [2.75, 3.05) is 0 Å². The fraction of sp³-hybridized carbons (Fsp3) is 0.929. The Balaban J connectivity index is 2.07. The van der Waals surface area contributed by atoms with Crippen LogP contribution in [0.3, 0.4) is 0 Å². The Morgan fingerprint density at radius 1 is 1.25 bits per heavy atom. The van der Waals surface area contributed by atoms with Gasteiger partial charge in [0.1, 0.15) is 5.60 Å². The molecule has 3 aliphatic rings. The second-order valence-electron chi connectivity index (χ2n) is 6.81. The minimum absolute atomic E-state index is 0.0925. The van der Waals surface area contributed by atoms with E-state index in [9.17, 15) is 4.79 Å². The van der Waals surface area contributed by atoms with Crippen LogP contribution in [-0.4, -0.2) is 17.0 Å². The predicted octanol–water partition coefficient (Wildman–Crippen LogP) is 3.09. The van der Waals surface area contributed by atoms with Gasteiger partial charge in [-0.05, 0) is 51.9 Å². The van der Waals surface area contributed by atoms with Crippen molar-refractivity contribution in [1.29, 1.82) is 0 Å². The predicted molar refractivity (Wildman–Crippen MR) is 62.2 cm³/mol. The molecule has 3 fully saturated rings. The van der Waals surface area contributed by atoms with Gasteiger partial charge in [0.15, 0.2) is 5.78 Å². The van der Waals surface area contributed by atoms with E-state index in [1.807, 2.05) is 0 Å². The molecule has 1 heterocycles. The number of Topliss-reactive ketones (excluding diaryl/α,β-unsaturated/α-hetero) is 1. The highest BCUT2D eigenvalue weighted by Crippen LogP contribution is 2.62. The highest BCUT2D eigenvalue weighted by atomic mass is 16.5. The lowest BCUT2D eigenvalue weighted by Gasteiger charge is -2.50. The fourth-order valence-corrected chi connectivity index (χ4v) is 4.36. The van der Waals surface area contributed by atoms with E-state index >= 15 is 0 Å². The zero-order valence-corrected chi connectivity index (χ0v) is 10.6. The maximum Gasteiger partial charge on any atom is 0.165 e. The Morgan fingerprint density at radius 2 is 2.00 bits per heavy atom. The summed E-state index contributed by atoms with van der Waals surface area (Å²) in [6, 6.07) is 0. The molecule has 1 unspecified atom stereocenters. The minimum atomic E-state index is -0.419. The zero-order valence-electron chi connectivity index (χ0n) is 10.6. The van der Waals surface area contributed by atoms with E-state index in [-0.39, 0.29) is 11.0 Å². The third kappa shape index (κ3) is 1.09. The number of ether oxygens (including phenoxy) is 1. The largest absolute Gasteiger partial charge is 0.360 e. The maximum absolute atomic E-state index is 12.4. The van der Waals surface area contributed by atoms with Crippen LogP contribution < -0.4 is 0 Å². The summed E-state index contributed by atoms with van der Waals surface area (Å²) < 4.78 is 6.33. The Morgan fingerprint density at radius 3 is 2.75 bits per heavy atom. The molecule has 1 aliphatic heterocycles. The molecule has 0 aromatic heterocycles. The van der Waals surface area contributed by atoms with E-state index < -0.39 is 5.60 Å². The normalized spacial score (nSPS) is 50.2. The molecule has 1 saturated heterocycles. The summed E-state index contributed by atoms with van der Waals surface area (Å²) in [4.78, 5) is 12.4. The summed E-state index contributed by atoms with van der Waals surface area (Å²) in [5.74, 6) is 0.971. The van der Waals surface area contributed by atoms with Gasteiger partial charge in [0.05, 0.1) is 5.60 Å². The second kappa shape index (κ2) is 2.90. The van der Waals surface area contributed by atoms with Crippen molar-refractivity contribution in [3.05, 3.63) is 0 Å². The van der Waals surface area contributed by atoms with Gasteiger partial charge in [-0.15, -0.1) is 0 Å². The number of carbonyl (C=O) groups excluding carboxylic acids is 1. The number of rotatable bonds is 0. The summed E-state index contributed by atoms with van der Waals surface area (Å²) >= 11 is 0. The van der Waals surface area contributed by atoms with Gasteiger partial charge in [-0.1, -0.05) is 6.92 Å². The molecule has 0 aromatic carbocycles. The lowest BCUT2D eigenvalue weighted by Crippen LogP contribution is -2.56. The van der Waals surface area contributed by atoms with Crippen molar-refractivity contribution in [1.82, 2.24) is 0 Å². The number of fused-ring (bicyclic) bond motifs is 1. The van der Waals surface area contributed by atoms with E-state index in [0.717, 1.165) is 19.3 Å². The first-order valence-corrected chi connectivity index (χ1v) is 6.63. The summed E-state index contributed by atoms with van der Waals surface area (Å²) in [6.45, 7) is 6.61. The Hall–Kier alpha value is -0.370. The van der Waals surface area contributed by atoms with E-state index in [1.165, 1.54) is 19.3 Å². The highest BCUT2D eigenvalue weighted by molar-refractivity contribution is 5.89. The van der Waals surface area contributed by atoms with Crippen molar-refractivity contribution >= 4 is 5.78 Å². The Kier molecular flexibility index (Phi) is 1.95. The molecule has 1 spiro atoms. The molecule has 2 heteroatoms. The standard InChI is InChI=1S/C14H22O2/c1-12(2)10-6-8-13(3)7-4-5-11(15)14(13,9-10)16-12/h10H,4-9H2,1-3H3/t10-,13?,14+/m1/s1. The summed E-state index contributed by atoms with van der Waals surface area (Å²) in [5.41, 5.74) is -0.394. The third-order valence-electron chi connectivity index (χ3n) is 5.56. The molecular formula is C14H22O2. The minimum Gasteiger partial charge on any atom is -0.360 e. The van der Waals surface area contributed by atoms with Crippen molar-refractivity contribution in [2.45, 2.75) is 70.5 Å². The molecule has 2 nitrogen and oxygen atoms in total. The van der Waals surface area contributed by atoms with Crippen molar-refractivity contribution in [3.8, 4) is 0 Å². The van der Waals surface area contributed by atoms with Crippen LogP contribution in [0.15, 0.2) is 0 Å². The summed E-state index contributed by atoms with van der Waals surface area (Å²) in [7, 11) is 0. The van der Waals surface area contributed by atoms with Crippen molar-refractivity contribution < 1.29 is 9.53 Å². The molecule has 0 radical (unpaired) electrons. The molecule has 90 valence electrons. The zero-order chi connectivity index (χ0) is 11.6. The van der Waals surface area contributed by atoms with Gasteiger partial charge in [-0.25, -0.2) is 0 Å². The molecule has 16 heavy (non-hydrogen) atoms. The molecule has 0 amide bonds. The van der Waals surface area contributed by atoms with Gasteiger partial charge in [0.2, 0.25) is 0 Å². The van der Waals surface area contributed by atoms with Crippen LogP contribution in [0, 0.1) is 11.3 Å². The quantitative estimate of drug-likeness (QED) is 0.629. The topological polar surface area (TPSA) is 26.3 Å². The first-order valence-electron chi connectivity index (χ1n) is 6.63. The van der Waals surface area contributed by atoms with Crippen LogP contribution in [0.5, 0.6) is 0 Å². The van der Waals surface area contributed by atoms with Crippen LogP contribution >= 0.6 is 0 Å². The van der Waals surface area contributed by atoms with E-state index in [2.05, 4.69) is 20.8 Å². The van der Waals surface area contributed by atoms with Crippen molar-refractivity contribution in [2.24, 2.45) is 11.3 Å². The van der Waals surface area contributed by atoms with Gasteiger partial charge >= 0.3 is 0 Å². The monoisotopic (exact) mass is 222 g/mol. The molecule has 0 aromatic rings. The third-order valence-corrected chi connectivity index (χ3v) is 5.56. The van der Waals surface area contributed by atoms with Gasteiger partial charge in [-0.3, -0.25) is 4.79 Å². The van der Waals surface area contributed by atoms with Crippen LogP contribution in [0.1, 0.15) is 59.3 Å². The van der Waals surface area contributed by atoms with E-state index in [4.69, 9.17) is 4.74 Å². The van der Waals surface area contributed by atoms with E-state index in [1.54, 1.807) is 0 Å². The molecule has 2 bridgehead atoms. The highest BCUT2D eigenvalue weighted by Gasteiger charge is 2.66. The molecule has 3 rings (SSSR count). The lowest BCUT2D eigenvalue weighted by atomic mass is 9.55. The Bertz CT molecular complexity index is 347.